The third-order valence-electron chi connectivity index (χ3n) is 9.40. The van der Waals surface area contributed by atoms with Crippen LogP contribution in [0.4, 0.5) is 0 Å². The lowest BCUT2D eigenvalue weighted by Crippen LogP contribution is -2.16. The normalized spacial score (nSPS) is 16.1. The van der Waals surface area contributed by atoms with Crippen LogP contribution in [0.5, 0.6) is 0 Å². The minimum atomic E-state index is -0.178. The van der Waals surface area contributed by atoms with Crippen LogP contribution in [-0.4, -0.2) is 19.1 Å². The predicted octanol–water partition coefficient (Wildman–Crippen LogP) is 8.80. The van der Waals surface area contributed by atoms with Gasteiger partial charge in [-0.25, -0.2) is 4.98 Å². The Balaban J connectivity index is 1.33. The Kier molecular flexibility index (Phi) is 4.35. The fraction of sp³-hybridized carbons (Fsp3) is 0.135. The van der Waals surface area contributed by atoms with Gasteiger partial charge < -0.3 is 9.13 Å². The molecule has 0 radical (unpaired) electrons. The number of nitrogens with zero attached hydrogens (tertiary/aromatic N) is 4. The van der Waals surface area contributed by atoms with E-state index in [4.69, 9.17) is 9.97 Å². The van der Waals surface area contributed by atoms with Crippen LogP contribution in [0.25, 0.3) is 55.7 Å². The lowest BCUT2D eigenvalue weighted by atomic mass is 9.81. The number of para-hydroxylation sites is 4. The van der Waals surface area contributed by atoms with Crippen LogP contribution in [0.15, 0.2) is 109 Å². The molecule has 0 fully saturated rings. The number of fused-ring (bicyclic) bond motifs is 10. The standard InChI is InChI=1S/C37H28N4/c1-22-23-12-4-8-16-29(23)40-30-17-9-5-13-24(30)33(35(22)40)27-20-38-21-28(39-27)34-25-14-6-10-18-31(25)41-32-19-11-7-15-26(32)37(2,3)36(34)41/h4-22H,1-3H3. The molecule has 5 heterocycles. The van der Waals surface area contributed by atoms with Crippen molar-refractivity contribution in [3.05, 3.63) is 132 Å². The maximum Gasteiger partial charge on any atom is 0.0917 e. The van der Waals surface area contributed by atoms with E-state index in [0.717, 1.165) is 11.4 Å². The average molecular weight is 529 g/mol. The highest BCUT2D eigenvalue weighted by Crippen LogP contribution is 2.52. The second-order valence-corrected chi connectivity index (χ2v) is 11.9. The van der Waals surface area contributed by atoms with Crippen LogP contribution in [0.3, 0.4) is 0 Å². The van der Waals surface area contributed by atoms with E-state index < -0.39 is 0 Å². The quantitative estimate of drug-likeness (QED) is 0.225. The van der Waals surface area contributed by atoms with Crippen LogP contribution in [0.1, 0.15) is 49.2 Å². The molecule has 4 nitrogen and oxygen atoms in total. The number of hydrogen-bond donors (Lipinski definition) is 0. The van der Waals surface area contributed by atoms with E-state index in [1.54, 1.807) is 0 Å². The fourth-order valence-corrected chi connectivity index (χ4v) is 7.68. The van der Waals surface area contributed by atoms with Gasteiger partial charge in [-0.15, -0.1) is 0 Å². The van der Waals surface area contributed by atoms with Crippen molar-refractivity contribution in [3.63, 3.8) is 0 Å². The highest BCUT2D eigenvalue weighted by atomic mass is 15.1. The molecule has 0 spiro atoms. The first kappa shape index (κ1) is 22.8. The molecule has 196 valence electrons. The van der Waals surface area contributed by atoms with Gasteiger partial charge in [0.15, 0.2) is 0 Å². The molecule has 0 amide bonds. The van der Waals surface area contributed by atoms with Gasteiger partial charge in [-0.3, -0.25) is 4.98 Å². The second-order valence-electron chi connectivity index (χ2n) is 11.9. The zero-order valence-electron chi connectivity index (χ0n) is 23.3. The zero-order chi connectivity index (χ0) is 27.5. The molecule has 9 rings (SSSR count). The number of aromatic nitrogens is 4. The Labute approximate surface area is 238 Å². The van der Waals surface area contributed by atoms with Crippen molar-refractivity contribution < 1.29 is 0 Å². The van der Waals surface area contributed by atoms with E-state index in [1.807, 2.05) is 12.4 Å². The maximum atomic E-state index is 5.45. The van der Waals surface area contributed by atoms with Crippen LogP contribution in [0.2, 0.25) is 0 Å². The summed E-state index contributed by atoms with van der Waals surface area (Å²) in [7, 11) is 0. The molecule has 41 heavy (non-hydrogen) atoms. The van der Waals surface area contributed by atoms with E-state index in [-0.39, 0.29) is 11.3 Å². The Morgan fingerprint density at radius 1 is 0.634 bits per heavy atom. The van der Waals surface area contributed by atoms with Crippen molar-refractivity contribution in [2.24, 2.45) is 0 Å². The van der Waals surface area contributed by atoms with Crippen LogP contribution < -0.4 is 0 Å². The SMILES string of the molecule is CC1c2ccccc2-n2c1c(-c1cncc(-c3c4n(c5ccccc35)-c3ccccc3C4(C)C)n1)c1ccccc12. The molecular weight excluding hydrogens is 500 g/mol. The number of hydrogen-bond acceptors (Lipinski definition) is 2. The molecule has 4 aromatic carbocycles. The first-order chi connectivity index (χ1) is 20.1. The molecule has 0 bridgehead atoms. The Morgan fingerprint density at radius 3 is 2.00 bits per heavy atom. The van der Waals surface area contributed by atoms with Gasteiger partial charge in [-0.1, -0.05) is 93.6 Å². The summed E-state index contributed by atoms with van der Waals surface area (Å²) in [5, 5.41) is 2.43. The zero-order valence-corrected chi connectivity index (χ0v) is 23.3. The summed E-state index contributed by atoms with van der Waals surface area (Å²) in [4.78, 5) is 10.3. The third kappa shape index (κ3) is 2.79. The monoisotopic (exact) mass is 528 g/mol. The Morgan fingerprint density at radius 2 is 1.22 bits per heavy atom. The summed E-state index contributed by atoms with van der Waals surface area (Å²) in [5.74, 6) is 0.257. The molecule has 1 atom stereocenters. The van der Waals surface area contributed by atoms with Gasteiger partial charge in [0.2, 0.25) is 0 Å². The van der Waals surface area contributed by atoms with Gasteiger partial charge in [0.1, 0.15) is 0 Å². The summed E-state index contributed by atoms with van der Waals surface area (Å²) in [5.41, 5.74) is 14.2. The summed E-state index contributed by atoms with van der Waals surface area (Å²) >= 11 is 0. The molecule has 2 aliphatic rings. The molecule has 0 N–H and O–H groups in total. The highest BCUT2D eigenvalue weighted by molar-refractivity contribution is 6.02. The first-order valence-corrected chi connectivity index (χ1v) is 14.3. The third-order valence-corrected chi connectivity index (χ3v) is 9.40. The van der Waals surface area contributed by atoms with Gasteiger partial charge >= 0.3 is 0 Å². The first-order valence-electron chi connectivity index (χ1n) is 14.3. The van der Waals surface area contributed by atoms with Crippen molar-refractivity contribution >= 4 is 21.8 Å². The van der Waals surface area contributed by atoms with E-state index in [9.17, 15) is 0 Å². The van der Waals surface area contributed by atoms with Crippen molar-refractivity contribution in [1.82, 2.24) is 19.1 Å². The molecule has 1 unspecified atom stereocenters. The molecule has 7 aromatic rings. The topological polar surface area (TPSA) is 35.6 Å². The smallest absolute Gasteiger partial charge is 0.0917 e. The van der Waals surface area contributed by atoms with E-state index >= 15 is 0 Å². The highest BCUT2D eigenvalue weighted by Gasteiger charge is 2.41. The molecule has 3 aromatic heterocycles. The van der Waals surface area contributed by atoms with Crippen molar-refractivity contribution in [2.45, 2.75) is 32.1 Å². The summed E-state index contributed by atoms with van der Waals surface area (Å²) in [6.45, 7) is 6.97. The number of rotatable bonds is 2. The van der Waals surface area contributed by atoms with Crippen LogP contribution in [-0.2, 0) is 5.41 Å². The number of benzene rings is 4. The van der Waals surface area contributed by atoms with Gasteiger partial charge in [0, 0.05) is 50.3 Å². The molecule has 0 aliphatic carbocycles. The summed E-state index contributed by atoms with van der Waals surface area (Å²) < 4.78 is 4.88. The lowest BCUT2D eigenvalue weighted by Gasteiger charge is -2.21. The average Bonchev–Trinajstić information content (AvgIpc) is 3.69. The fourth-order valence-electron chi connectivity index (χ4n) is 7.68. The largest absolute Gasteiger partial charge is 0.312 e. The molecule has 4 heteroatoms. The maximum absolute atomic E-state index is 5.45. The van der Waals surface area contributed by atoms with Crippen LogP contribution >= 0.6 is 0 Å². The minimum absolute atomic E-state index is 0.178. The van der Waals surface area contributed by atoms with Crippen molar-refractivity contribution in [2.75, 3.05) is 0 Å². The Hall–Kier alpha value is -4.96. The van der Waals surface area contributed by atoms with Crippen LogP contribution in [0, 0.1) is 0 Å². The molecule has 0 saturated carbocycles. The van der Waals surface area contributed by atoms with E-state index in [2.05, 4.69) is 127 Å². The van der Waals surface area contributed by atoms with Gasteiger partial charge in [-0.2, -0.15) is 0 Å². The summed E-state index contributed by atoms with van der Waals surface area (Å²) in [6.07, 6.45) is 3.89. The lowest BCUT2D eigenvalue weighted by molar-refractivity contribution is 0.646. The predicted molar refractivity (Wildman–Crippen MR) is 166 cm³/mol. The minimum Gasteiger partial charge on any atom is -0.312 e. The van der Waals surface area contributed by atoms with E-state index in [0.29, 0.717) is 0 Å². The second kappa shape index (κ2) is 7.82. The van der Waals surface area contributed by atoms with Gasteiger partial charge in [-0.05, 0) is 35.4 Å². The molecule has 2 aliphatic heterocycles. The molecule has 0 saturated heterocycles. The molecular formula is C37H28N4. The van der Waals surface area contributed by atoms with Gasteiger partial charge in [0.05, 0.1) is 40.5 Å². The van der Waals surface area contributed by atoms with Gasteiger partial charge in [0.25, 0.3) is 0 Å². The van der Waals surface area contributed by atoms with Crippen molar-refractivity contribution in [1.29, 1.82) is 0 Å². The Bertz CT molecular complexity index is 2210. The summed E-state index contributed by atoms with van der Waals surface area (Å²) in [6, 6.07) is 35.0. The van der Waals surface area contributed by atoms with E-state index in [1.165, 1.54) is 66.8 Å². The van der Waals surface area contributed by atoms with Crippen molar-refractivity contribution in [3.8, 4) is 33.9 Å².